The summed E-state index contributed by atoms with van der Waals surface area (Å²) in [7, 11) is 0. The van der Waals surface area contributed by atoms with Crippen LogP contribution in [0.4, 0.5) is 15.8 Å². The van der Waals surface area contributed by atoms with Gasteiger partial charge in [0.2, 0.25) is 0 Å². The molecule has 2 rings (SSSR count). The van der Waals surface area contributed by atoms with E-state index in [-0.39, 0.29) is 11.4 Å². The molecule has 82 valence electrons. The van der Waals surface area contributed by atoms with Gasteiger partial charge in [0.1, 0.15) is 17.8 Å². The molecule has 0 radical (unpaired) electrons. The Balaban J connectivity index is 2.25. The Morgan fingerprint density at radius 2 is 2.19 bits per heavy atom. The number of nitrogen functional groups attached to an aromatic ring is 1. The summed E-state index contributed by atoms with van der Waals surface area (Å²) in [5.74, 6) is -1.04. The fourth-order valence-corrected chi connectivity index (χ4v) is 1.25. The first-order valence-electron chi connectivity index (χ1n) is 4.56. The van der Waals surface area contributed by atoms with Crippen LogP contribution in [-0.4, -0.2) is 5.91 Å². The maximum atomic E-state index is 13.3. The zero-order chi connectivity index (χ0) is 11.5. The third-order valence-electron chi connectivity index (χ3n) is 2.07. The summed E-state index contributed by atoms with van der Waals surface area (Å²) in [6.07, 6.45) is 2.63. The molecule has 0 fully saturated rings. The molecule has 1 amide bonds. The number of carbonyl (C=O) groups is 1. The predicted octanol–water partition coefficient (Wildman–Crippen LogP) is 2.25. The van der Waals surface area contributed by atoms with E-state index in [4.69, 9.17) is 10.2 Å². The number of carbonyl (C=O) groups excluding carboxylic acids is 1. The lowest BCUT2D eigenvalue weighted by atomic mass is 10.2. The number of halogens is 1. The zero-order valence-corrected chi connectivity index (χ0v) is 8.24. The molecule has 4 nitrogen and oxygen atoms in total. The molecular weight excluding hydrogens is 211 g/mol. The van der Waals surface area contributed by atoms with Crippen LogP contribution in [0.25, 0.3) is 0 Å². The molecular formula is C11H9FN2O2. The van der Waals surface area contributed by atoms with Gasteiger partial charge in [0, 0.05) is 0 Å². The van der Waals surface area contributed by atoms with E-state index in [1.807, 2.05) is 0 Å². The minimum Gasteiger partial charge on any atom is -0.472 e. The number of nitrogens with two attached hydrogens (primary N) is 1. The number of amides is 1. The quantitative estimate of drug-likeness (QED) is 0.762. The minimum absolute atomic E-state index is 0.0197. The van der Waals surface area contributed by atoms with Crippen LogP contribution in [0.1, 0.15) is 10.4 Å². The summed E-state index contributed by atoms with van der Waals surface area (Å²) in [4.78, 5) is 11.6. The molecule has 0 bridgehead atoms. The summed E-state index contributed by atoms with van der Waals surface area (Å²) < 4.78 is 18.1. The van der Waals surface area contributed by atoms with Crippen molar-refractivity contribution in [1.29, 1.82) is 0 Å². The molecule has 0 aliphatic rings. The van der Waals surface area contributed by atoms with Crippen LogP contribution in [0.5, 0.6) is 0 Å². The Kier molecular flexibility index (Phi) is 2.59. The standard InChI is InChI=1S/C11H9FN2O2/c12-8-2-1-3-9(13)10(8)14-11(15)7-4-5-16-6-7/h1-6H,13H2,(H,14,15). The lowest BCUT2D eigenvalue weighted by Gasteiger charge is -2.07. The molecule has 0 aliphatic carbocycles. The Morgan fingerprint density at radius 3 is 2.81 bits per heavy atom. The van der Waals surface area contributed by atoms with E-state index in [1.165, 1.54) is 36.8 Å². The highest BCUT2D eigenvalue weighted by Gasteiger charge is 2.12. The van der Waals surface area contributed by atoms with Gasteiger partial charge in [0.15, 0.2) is 0 Å². The SMILES string of the molecule is Nc1cccc(F)c1NC(=O)c1ccoc1. The van der Waals surface area contributed by atoms with E-state index in [1.54, 1.807) is 0 Å². The second-order valence-corrected chi connectivity index (χ2v) is 3.17. The average molecular weight is 220 g/mol. The number of rotatable bonds is 2. The van der Waals surface area contributed by atoms with E-state index in [9.17, 15) is 9.18 Å². The molecule has 0 unspecified atom stereocenters. The van der Waals surface area contributed by atoms with Gasteiger partial charge in [-0.05, 0) is 18.2 Å². The van der Waals surface area contributed by atoms with Gasteiger partial charge in [-0.15, -0.1) is 0 Å². The summed E-state index contributed by atoms with van der Waals surface area (Å²) in [6, 6.07) is 5.68. The van der Waals surface area contributed by atoms with Crippen molar-refractivity contribution in [1.82, 2.24) is 0 Å². The van der Waals surface area contributed by atoms with Crippen molar-refractivity contribution in [3.63, 3.8) is 0 Å². The summed E-state index contributed by atoms with van der Waals surface area (Å²) in [5, 5.41) is 2.38. The highest BCUT2D eigenvalue weighted by atomic mass is 19.1. The smallest absolute Gasteiger partial charge is 0.259 e. The molecule has 0 atom stereocenters. The molecule has 1 aromatic heterocycles. The zero-order valence-electron chi connectivity index (χ0n) is 8.24. The number of anilines is 2. The Morgan fingerprint density at radius 1 is 1.38 bits per heavy atom. The lowest BCUT2D eigenvalue weighted by molar-refractivity contribution is 0.102. The number of para-hydroxylation sites is 1. The molecule has 3 N–H and O–H groups in total. The van der Waals surface area contributed by atoms with Crippen molar-refractivity contribution >= 4 is 17.3 Å². The van der Waals surface area contributed by atoms with E-state index >= 15 is 0 Å². The molecule has 0 aliphatic heterocycles. The van der Waals surface area contributed by atoms with E-state index < -0.39 is 11.7 Å². The van der Waals surface area contributed by atoms with Gasteiger partial charge in [0.25, 0.3) is 5.91 Å². The van der Waals surface area contributed by atoms with Crippen LogP contribution in [-0.2, 0) is 0 Å². The van der Waals surface area contributed by atoms with Crippen LogP contribution < -0.4 is 11.1 Å². The van der Waals surface area contributed by atoms with E-state index in [2.05, 4.69) is 5.32 Å². The largest absolute Gasteiger partial charge is 0.472 e. The molecule has 2 aromatic rings. The van der Waals surface area contributed by atoms with Crippen LogP contribution in [0.2, 0.25) is 0 Å². The fourth-order valence-electron chi connectivity index (χ4n) is 1.25. The first kappa shape index (κ1) is 10.2. The maximum Gasteiger partial charge on any atom is 0.259 e. The second kappa shape index (κ2) is 4.06. The third-order valence-corrected chi connectivity index (χ3v) is 2.07. The third kappa shape index (κ3) is 1.88. The van der Waals surface area contributed by atoms with Gasteiger partial charge in [-0.25, -0.2) is 4.39 Å². The van der Waals surface area contributed by atoms with Gasteiger partial charge >= 0.3 is 0 Å². The van der Waals surface area contributed by atoms with Crippen LogP contribution in [0.3, 0.4) is 0 Å². The number of hydrogen-bond donors (Lipinski definition) is 2. The molecule has 1 heterocycles. The van der Waals surface area contributed by atoms with Gasteiger partial charge in [-0.3, -0.25) is 4.79 Å². The van der Waals surface area contributed by atoms with Crippen LogP contribution in [0, 0.1) is 5.82 Å². The summed E-state index contributed by atoms with van der Waals surface area (Å²) in [5.41, 5.74) is 6.01. The molecule has 5 heteroatoms. The first-order chi connectivity index (χ1) is 7.68. The lowest BCUT2D eigenvalue weighted by Crippen LogP contribution is -2.13. The molecule has 0 saturated carbocycles. The predicted molar refractivity (Wildman–Crippen MR) is 57.5 cm³/mol. The monoisotopic (exact) mass is 220 g/mol. The number of furan rings is 1. The fraction of sp³-hybridized carbons (Fsp3) is 0. The normalized spacial score (nSPS) is 10.1. The van der Waals surface area contributed by atoms with E-state index in [0.717, 1.165) is 0 Å². The molecule has 0 saturated heterocycles. The van der Waals surface area contributed by atoms with Crippen molar-refractivity contribution in [2.75, 3.05) is 11.1 Å². The second-order valence-electron chi connectivity index (χ2n) is 3.17. The van der Waals surface area contributed by atoms with Crippen molar-refractivity contribution in [2.24, 2.45) is 0 Å². The molecule has 1 aromatic carbocycles. The number of nitrogens with one attached hydrogen (secondary N) is 1. The van der Waals surface area contributed by atoms with Crippen molar-refractivity contribution in [2.45, 2.75) is 0 Å². The van der Waals surface area contributed by atoms with Crippen molar-refractivity contribution in [3.05, 3.63) is 48.2 Å². The van der Waals surface area contributed by atoms with Crippen molar-refractivity contribution < 1.29 is 13.6 Å². The number of benzene rings is 1. The highest BCUT2D eigenvalue weighted by Crippen LogP contribution is 2.22. The first-order valence-corrected chi connectivity index (χ1v) is 4.56. The minimum atomic E-state index is -0.572. The number of hydrogen-bond acceptors (Lipinski definition) is 3. The average Bonchev–Trinajstić information content (AvgIpc) is 2.76. The topological polar surface area (TPSA) is 68.3 Å². The summed E-state index contributed by atoms with van der Waals surface area (Å²) in [6.45, 7) is 0. The molecule has 0 spiro atoms. The van der Waals surface area contributed by atoms with Gasteiger partial charge in [0.05, 0.1) is 17.5 Å². The van der Waals surface area contributed by atoms with Crippen molar-refractivity contribution in [3.8, 4) is 0 Å². The van der Waals surface area contributed by atoms with Gasteiger partial charge in [-0.2, -0.15) is 0 Å². The van der Waals surface area contributed by atoms with Crippen LogP contribution in [0.15, 0.2) is 41.2 Å². The Hall–Kier alpha value is -2.30. The Bertz CT molecular complexity index is 488. The molecule has 16 heavy (non-hydrogen) atoms. The maximum absolute atomic E-state index is 13.3. The Labute approximate surface area is 90.9 Å². The van der Waals surface area contributed by atoms with Gasteiger partial charge < -0.3 is 15.5 Å². The summed E-state index contributed by atoms with van der Waals surface area (Å²) >= 11 is 0. The van der Waals surface area contributed by atoms with Crippen LogP contribution >= 0.6 is 0 Å². The van der Waals surface area contributed by atoms with E-state index in [0.29, 0.717) is 5.56 Å². The highest BCUT2D eigenvalue weighted by molar-refractivity contribution is 6.05. The van der Waals surface area contributed by atoms with Gasteiger partial charge in [-0.1, -0.05) is 6.07 Å².